The maximum absolute atomic E-state index is 10.0. The summed E-state index contributed by atoms with van der Waals surface area (Å²) in [5.41, 5.74) is 0. The zero-order valence-electron chi connectivity index (χ0n) is 14.0. The first-order valence-corrected chi connectivity index (χ1v) is 9.72. The molecule has 0 aliphatic heterocycles. The fraction of sp³-hybridized carbons (Fsp3) is 0.941. The van der Waals surface area contributed by atoms with E-state index < -0.39 is 6.16 Å². The van der Waals surface area contributed by atoms with Crippen LogP contribution in [0.2, 0.25) is 0 Å². The molecule has 21 heavy (non-hydrogen) atoms. The van der Waals surface area contributed by atoms with Crippen molar-refractivity contribution in [2.75, 3.05) is 11.9 Å². The number of carboxylic acid groups (broad SMARTS) is 1. The number of carbonyl (C=O) groups is 1. The van der Waals surface area contributed by atoms with E-state index in [4.69, 9.17) is 5.11 Å². The van der Waals surface area contributed by atoms with Gasteiger partial charge in [0.2, 0.25) is 0 Å². The number of ether oxygens (including phenoxy) is 1. The van der Waals surface area contributed by atoms with Gasteiger partial charge in [0.15, 0.2) is 0 Å². The Kier molecular flexibility index (Phi) is 24.2. The van der Waals surface area contributed by atoms with Crippen LogP contribution >= 0.6 is 15.9 Å². The quantitative estimate of drug-likeness (QED) is 0.222. The van der Waals surface area contributed by atoms with E-state index >= 15 is 0 Å². The van der Waals surface area contributed by atoms with Gasteiger partial charge in [-0.3, -0.25) is 0 Å². The summed E-state index contributed by atoms with van der Waals surface area (Å²) in [6.07, 6.45) is 14.0. The summed E-state index contributed by atoms with van der Waals surface area (Å²) in [6.45, 7) is 4.79. The van der Waals surface area contributed by atoms with E-state index in [1.165, 1.54) is 69.5 Å². The van der Waals surface area contributed by atoms with Gasteiger partial charge in [0.25, 0.3) is 0 Å². The van der Waals surface area contributed by atoms with Gasteiger partial charge in [0.1, 0.15) is 0 Å². The first-order valence-electron chi connectivity index (χ1n) is 8.60. The summed E-state index contributed by atoms with van der Waals surface area (Å²) in [5.74, 6) is 0. The molecule has 0 spiro atoms. The van der Waals surface area contributed by atoms with E-state index in [0.717, 1.165) is 12.8 Å². The van der Waals surface area contributed by atoms with Crippen molar-refractivity contribution in [2.24, 2.45) is 0 Å². The highest BCUT2D eigenvalue weighted by molar-refractivity contribution is 9.09. The smallest absolute Gasteiger partial charge is 0.450 e. The number of rotatable bonds is 13. The normalized spacial score (nSPS) is 9.86. The van der Waals surface area contributed by atoms with Crippen molar-refractivity contribution in [2.45, 2.75) is 90.9 Å². The minimum absolute atomic E-state index is 0.352. The molecule has 3 nitrogen and oxygen atoms in total. The van der Waals surface area contributed by atoms with Gasteiger partial charge >= 0.3 is 6.16 Å². The molecule has 128 valence electrons. The van der Waals surface area contributed by atoms with Crippen molar-refractivity contribution >= 4 is 22.1 Å². The van der Waals surface area contributed by atoms with Gasteiger partial charge in [-0.2, -0.15) is 0 Å². The SMILES string of the molecule is CCCCCBr.CCCCCCCCCCCOC(=O)O. The molecule has 0 aromatic heterocycles. The molecular weight excluding hydrogens is 332 g/mol. The van der Waals surface area contributed by atoms with Gasteiger partial charge in [-0.25, -0.2) is 4.79 Å². The van der Waals surface area contributed by atoms with Crippen LogP contribution < -0.4 is 0 Å². The van der Waals surface area contributed by atoms with Crippen LogP contribution in [0.5, 0.6) is 0 Å². The lowest BCUT2D eigenvalue weighted by atomic mass is 10.1. The van der Waals surface area contributed by atoms with Gasteiger partial charge in [0.05, 0.1) is 6.61 Å². The third-order valence-corrected chi connectivity index (χ3v) is 3.77. The summed E-state index contributed by atoms with van der Waals surface area (Å²) in [4.78, 5) is 10.0. The van der Waals surface area contributed by atoms with Crippen LogP contribution in [0, 0.1) is 0 Å². The van der Waals surface area contributed by atoms with Crippen LogP contribution in [-0.2, 0) is 4.74 Å². The van der Waals surface area contributed by atoms with Crippen molar-refractivity contribution in [1.82, 2.24) is 0 Å². The minimum Gasteiger partial charge on any atom is -0.450 e. The molecule has 0 aliphatic carbocycles. The van der Waals surface area contributed by atoms with Crippen molar-refractivity contribution in [3.05, 3.63) is 0 Å². The lowest BCUT2D eigenvalue weighted by Gasteiger charge is -2.01. The molecule has 0 aromatic rings. The predicted molar refractivity (Wildman–Crippen MR) is 94.5 cm³/mol. The molecule has 0 saturated heterocycles. The molecule has 0 bridgehead atoms. The summed E-state index contributed by atoms with van der Waals surface area (Å²) >= 11 is 3.35. The van der Waals surface area contributed by atoms with Crippen LogP contribution in [0.4, 0.5) is 4.79 Å². The molecule has 0 amide bonds. The number of halogens is 1. The zero-order chi connectivity index (χ0) is 16.2. The predicted octanol–water partition coefficient (Wildman–Crippen LogP) is 6.78. The molecule has 0 heterocycles. The highest BCUT2D eigenvalue weighted by atomic mass is 79.9. The lowest BCUT2D eigenvalue weighted by molar-refractivity contribution is 0.0899. The lowest BCUT2D eigenvalue weighted by Crippen LogP contribution is -2.01. The molecule has 0 atom stereocenters. The Balaban J connectivity index is 0. The van der Waals surface area contributed by atoms with E-state index in [1.54, 1.807) is 0 Å². The Bertz CT molecular complexity index is 194. The Hall–Kier alpha value is -0.250. The molecule has 0 unspecified atom stereocenters. The van der Waals surface area contributed by atoms with Crippen LogP contribution in [-0.4, -0.2) is 23.2 Å². The Morgan fingerprint density at radius 1 is 0.810 bits per heavy atom. The largest absolute Gasteiger partial charge is 0.505 e. The van der Waals surface area contributed by atoms with Crippen molar-refractivity contribution in [1.29, 1.82) is 0 Å². The molecule has 0 fully saturated rings. The van der Waals surface area contributed by atoms with E-state index in [2.05, 4.69) is 34.5 Å². The second-order valence-corrected chi connectivity index (χ2v) is 6.13. The van der Waals surface area contributed by atoms with E-state index in [9.17, 15) is 4.79 Å². The highest BCUT2D eigenvalue weighted by Crippen LogP contribution is 2.09. The van der Waals surface area contributed by atoms with Crippen LogP contribution in [0.15, 0.2) is 0 Å². The Morgan fingerprint density at radius 3 is 1.62 bits per heavy atom. The van der Waals surface area contributed by atoms with Crippen molar-refractivity contribution < 1.29 is 14.6 Å². The maximum atomic E-state index is 10.0. The first kappa shape index (κ1) is 23.0. The van der Waals surface area contributed by atoms with Crippen LogP contribution in [0.1, 0.15) is 90.9 Å². The molecule has 4 heteroatoms. The fourth-order valence-electron chi connectivity index (χ4n) is 1.92. The molecule has 1 N–H and O–H groups in total. The van der Waals surface area contributed by atoms with E-state index in [-0.39, 0.29) is 0 Å². The Labute approximate surface area is 140 Å². The first-order chi connectivity index (χ1) is 10.2. The maximum Gasteiger partial charge on any atom is 0.505 e. The van der Waals surface area contributed by atoms with Gasteiger partial charge in [-0.05, 0) is 12.8 Å². The standard InChI is InChI=1S/C12H24O3.C5H11Br/c1-2-3-4-5-6-7-8-9-10-11-15-12(13)14;1-2-3-4-5-6/h2-11H2,1H3,(H,13,14);2-5H2,1H3. The Morgan fingerprint density at radius 2 is 1.24 bits per heavy atom. The molecule has 0 radical (unpaired) electrons. The van der Waals surface area contributed by atoms with Crippen molar-refractivity contribution in [3.63, 3.8) is 0 Å². The number of hydrogen-bond donors (Lipinski definition) is 1. The van der Waals surface area contributed by atoms with Crippen molar-refractivity contribution in [3.8, 4) is 0 Å². The third kappa shape index (κ3) is 28.6. The van der Waals surface area contributed by atoms with Crippen LogP contribution in [0.3, 0.4) is 0 Å². The molecule has 0 rings (SSSR count). The number of alkyl halides is 1. The minimum atomic E-state index is -1.16. The second kappa shape index (κ2) is 22.0. The van der Waals surface area contributed by atoms with Gasteiger partial charge in [0, 0.05) is 5.33 Å². The number of unbranched alkanes of at least 4 members (excludes halogenated alkanes) is 10. The highest BCUT2D eigenvalue weighted by Gasteiger charge is 1.95. The molecule has 0 aliphatic rings. The monoisotopic (exact) mass is 366 g/mol. The average Bonchev–Trinajstić information content (AvgIpc) is 2.47. The summed E-state index contributed by atoms with van der Waals surface area (Å²) in [5, 5.41) is 9.38. The van der Waals surface area contributed by atoms with Crippen LogP contribution in [0.25, 0.3) is 0 Å². The fourth-order valence-corrected chi connectivity index (χ4v) is 2.31. The summed E-state index contributed by atoms with van der Waals surface area (Å²) < 4.78 is 4.42. The number of hydrogen-bond acceptors (Lipinski definition) is 2. The molecule has 0 aromatic carbocycles. The van der Waals surface area contributed by atoms with E-state index in [1.807, 2.05) is 0 Å². The van der Waals surface area contributed by atoms with Gasteiger partial charge in [-0.15, -0.1) is 0 Å². The third-order valence-electron chi connectivity index (χ3n) is 3.21. The summed E-state index contributed by atoms with van der Waals surface area (Å²) in [6, 6.07) is 0. The zero-order valence-corrected chi connectivity index (χ0v) is 15.6. The van der Waals surface area contributed by atoms with Gasteiger partial charge in [-0.1, -0.05) is 94.0 Å². The average molecular weight is 367 g/mol. The summed E-state index contributed by atoms with van der Waals surface area (Å²) in [7, 11) is 0. The topological polar surface area (TPSA) is 46.5 Å². The molecular formula is C17H35BrO3. The van der Waals surface area contributed by atoms with E-state index in [0.29, 0.717) is 6.61 Å². The van der Waals surface area contributed by atoms with Gasteiger partial charge < -0.3 is 9.84 Å². The molecule has 0 saturated carbocycles. The second-order valence-electron chi connectivity index (χ2n) is 5.34.